The summed E-state index contributed by atoms with van der Waals surface area (Å²) in [6.45, 7) is 2.52. The third-order valence-electron chi connectivity index (χ3n) is 3.94. The van der Waals surface area contributed by atoms with Crippen molar-refractivity contribution in [2.75, 3.05) is 20.3 Å². The second kappa shape index (κ2) is 7.48. The van der Waals surface area contributed by atoms with Gasteiger partial charge in [0.15, 0.2) is 0 Å². The van der Waals surface area contributed by atoms with Crippen LogP contribution in [0, 0.1) is 11.3 Å². The zero-order valence-corrected chi connectivity index (χ0v) is 11.8. The molecular weight excluding hydrogens is 248 g/mol. The van der Waals surface area contributed by atoms with Crippen molar-refractivity contribution in [3.63, 3.8) is 0 Å². The zero-order chi connectivity index (χ0) is 14.3. The fraction of sp³-hybridized carbons (Fsp3) is 0.857. The number of aliphatic carboxylic acids is 1. The first-order chi connectivity index (χ1) is 9.05. The van der Waals surface area contributed by atoms with E-state index in [9.17, 15) is 14.7 Å². The molecule has 0 saturated heterocycles. The molecule has 110 valence electrons. The van der Waals surface area contributed by atoms with Crippen LogP contribution in [0.15, 0.2) is 0 Å². The van der Waals surface area contributed by atoms with E-state index in [2.05, 4.69) is 0 Å². The molecule has 1 N–H and O–H groups in total. The van der Waals surface area contributed by atoms with Crippen LogP contribution in [-0.4, -0.2) is 37.4 Å². The summed E-state index contributed by atoms with van der Waals surface area (Å²) in [6, 6.07) is 0. The highest BCUT2D eigenvalue weighted by atomic mass is 16.5. The van der Waals surface area contributed by atoms with E-state index in [0.717, 1.165) is 12.8 Å². The average molecular weight is 272 g/mol. The lowest BCUT2D eigenvalue weighted by atomic mass is 9.77. The summed E-state index contributed by atoms with van der Waals surface area (Å²) in [6.07, 6.45) is 4.05. The number of hydrogen-bond donors (Lipinski definition) is 1. The fourth-order valence-corrected chi connectivity index (χ4v) is 2.85. The Labute approximate surface area is 114 Å². The van der Waals surface area contributed by atoms with Gasteiger partial charge in [-0.2, -0.15) is 0 Å². The first-order valence-corrected chi connectivity index (χ1v) is 6.94. The minimum absolute atomic E-state index is 0.299. The highest BCUT2D eigenvalue weighted by Crippen LogP contribution is 2.44. The summed E-state index contributed by atoms with van der Waals surface area (Å²) < 4.78 is 10.1. The van der Waals surface area contributed by atoms with E-state index in [0.29, 0.717) is 38.9 Å². The molecule has 19 heavy (non-hydrogen) atoms. The van der Waals surface area contributed by atoms with Crippen LogP contribution in [0.4, 0.5) is 0 Å². The zero-order valence-electron chi connectivity index (χ0n) is 11.8. The van der Waals surface area contributed by atoms with Gasteiger partial charge in [-0.1, -0.05) is 12.8 Å². The Morgan fingerprint density at radius 2 is 1.95 bits per heavy atom. The number of carbonyl (C=O) groups is 2. The van der Waals surface area contributed by atoms with Gasteiger partial charge in [0.25, 0.3) is 0 Å². The molecule has 0 heterocycles. The summed E-state index contributed by atoms with van der Waals surface area (Å²) >= 11 is 0. The van der Waals surface area contributed by atoms with Crippen molar-refractivity contribution >= 4 is 11.9 Å². The van der Waals surface area contributed by atoms with Gasteiger partial charge in [-0.3, -0.25) is 9.59 Å². The number of esters is 1. The topological polar surface area (TPSA) is 72.8 Å². The number of carbonyl (C=O) groups excluding carboxylic acids is 1. The Bertz CT molecular complexity index is 307. The van der Waals surface area contributed by atoms with E-state index < -0.39 is 11.4 Å². The Hall–Kier alpha value is -1.10. The molecule has 1 saturated carbocycles. The van der Waals surface area contributed by atoms with Crippen molar-refractivity contribution in [1.29, 1.82) is 0 Å². The highest BCUT2D eigenvalue weighted by molar-refractivity contribution is 5.78. The van der Waals surface area contributed by atoms with Crippen LogP contribution in [-0.2, 0) is 19.1 Å². The normalized spacial score (nSPS) is 19.1. The average Bonchev–Trinajstić information content (AvgIpc) is 2.84. The van der Waals surface area contributed by atoms with Crippen LogP contribution in [0.1, 0.15) is 45.4 Å². The summed E-state index contributed by atoms with van der Waals surface area (Å²) in [4.78, 5) is 23.5. The molecule has 0 aromatic heterocycles. The standard InChI is InChI=1S/C14H24O5/c1-3-19-12(15)11(6-9-18-2)10-14(13(16)17)7-4-5-8-14/h11H,3-10H2,1-2H3,(H,16,17)/t11-/m1/s1. The number of carboxylic acids is 1. The van der Waals surface area contributed by atoms with Gasteiger partial charge in [-0.25, -0.2) is 0 Å². The van der Waals surface area contributed by atoms with Crippen molar-refractivity contribution in [3.8, 4) is 0 Å². The summed E-state index contributed by atoms with van der Waals surface area (Å²) in [5, 5.41) is 9.47. The van der Waals surface area contributed by atoms with E-state index in [1.165, 1.54) is 0 Å². The van der Waals surface area contributed by atoms with Crippen molar-refractivity contribution in [1.82, 2.24) is 0 Å². The third kappa shape index (κ3) is 4.20. The van der Waals surface area contributed by atoms with Gasteiger partial charge >= 0.3 is 11.9 Å². The van der Waals surface area contributed by atoms with Gasteiger partial charge in [-0.05, 0) is 32.6 Å². The predicted molar refractivity (Wildman–Crippen MR) is 69.8 cm³/mol. The van der Waals surface area contributed by atoms with Gasteiger partial charge in [-0.15, -0.1) is 0 Å². The van der Waals surface area contributed by atoms with Gasteiger partial charge in [0.05, 0.1) is 17.9 Å². The molecule has 5 heteroatoms. The smallest absolute Gasteiger partial charge is 0.309 e. The van der Waals surface area contributed by atoms with Gasteiger partial charge < -0.3 is 14.6 Å². The van der Waals surface area contributed by atoms with E-state index in [1.807, 2.05) is 0 Å². The van der Waals surface area contributed by atoms with Crippen molar-refractivity contribution in [2.45, 2.75) is 45.4 Å². The molecule has 1 atom stereocenters. The largest absolute Gasteiger partial charge is 0.481 e. The first kappa shape index (κ1) is 16.0. The molecule has 0 aromatic carbocycles. The second-order valence-electron chi connectivity index (χ2n) is 5.23. The monoisotopic (exact) mass is 272 g/mol. The number of methoxy groups -OCH3 is 1. The van der Waals surface area contributed by atoms with Crippen LogP contribution in [0.5, 0.6) is 0 Å². The summed E-state index contributed by atoms with van der Waals surface area (Å²) in [7, 11) is 1.57. The quantitative estimate of drug-likeness (QED) is 0.686. The molecule has 5 nitrogen and oxygen atoms in total. The maximum absolute atomic E-state index is 11.9. The lowest BCUT2D eigenvalue weighted by Crippen LogP contribution is -2.34. The molecule has 0 amide bonds. The SMILES string of the molecule is CCOC(=O)[C@H](CCOC)CC1(C(=O)O)CCCC1. The summed E-state index contributed by atoms with van der Waals surface area (Å²) in [5.74, 6) is -1.46. The molecule has 1 aliphatic rings. The Kier molecular flexibility index (Phi) is 6.28. The molecule has 1 fully saturated rings. The lowest BCUT2D eigenvalue weighted by molar-refractivity contribution is -0.155. The number of rotatable bonds is 8. The fourth-order valence-electron chi connectivity index (χ4n) is 2.85. The van der Waals surface area contributed by atoms with Crippen molar-refractivity contribution in [3.05, 3.63) is 0 Å². The minimum Gasteiger partial charge on any atom is -0.481 e. The van der Waals surface area contributed by atoms with Crippen LogP contribution in [0.25, 0.3) is 0 Å². The van der Waals surface area contributed by atoms with E-state index >= 15 is 0 Å². The number of carboxylic acid groups (broad SMARTS) is 1. The molecule has 0 spiro atoms. The van der Waals surface area contributed by atoms with Gasteiger partial charge in [0.1, 0.15) is 0 Å². The van der Waals surface area contributed by atoms with E-state index in [4.69, 9.17) is 9.47 Å². The maximum atomic E-state index is 11.9. The van der Waals surface area contributed by atoms with Crippen LogP contribution >= 0.6 is 0 Å². The molecule has 0 unspecified atom stereocenters. The Morgan fingerprint density at radius 3 is 2.42 bits per heavy atom. The number of hydrogen-bond acceptors (Lipinski definition) is 4. The first-order valence-electron chi connectivity index (χ1n) is 6.94. The third-order valence-corrected chi connectivity index (χ3v) is 3.94. The van der Waals surface area contributed by atoms with Crippen LogP contribution in [0.2, 0.25) is 0 Å². The predicted octanol–water partition coefficient (Wildman–Crippen LogP) is 2.24. The van der Waals surface area contributed by atoms with Crippen LogP contribution in [0.3, 0.4) is 0 Å². The second-order valence-corrected chi connectivity index (χ2v) is 5.23. The number of ether oxygens (including phenoxy) is 2. The van der Waals surface area contributed by atoms with Crippen molar-refractivity contribution < 1.29 is 24.2 Å². The molecular formula is C14H24O5. The molecule has 0 aromatic rings. The van der Waals surface area contributed by atoms with Crippen molar-refractivity contribution in [2.24, 2.45) is 11.3 Å². The summed E-state index contributed by atoms with van der Waals surface area (Å²) in [5.41, 5.74) is -0.745. The van der Waals surface area contributed by atoms with Gasteiger partial charge in [0.2, 0.25) is 0 Å². The molecule has 1 rings (SSSR count). The molecule has 0 bridgehead atoms. The maximum Gasteiger partial charge on any atom is 0.309 e. The lowest BCUT2D eigenvalue weighted by Gasteiger charge is -2.28. The van der Waals surface area contributed by atoms with Gasteiger partial charge in [0, 0.05) is 13.7 Å². The van der Waals surface area contributed by atoms with E-state index in [1.54, 1.807) is 14.0 Å². The molecule has 1 aliphatic carbocycles. The molecule has 0 radical (unpaired) electrons. The van der Waals surface area contributed by atoms with E-state index in [-0.39, 0.29) is 11.9 Å². The molecule has 0 aliphatic heterocycles. The highest BCUT2D eigenvalue weighted by Gasteiger charge is 2.44. The Balaban J connectivity index is 2.73. The Morgan fingerprint density at radius 1 is 1.32 bits per heavy atom. The minimum atomic E-state index is -0.781. The van der Waals surface area contributed by atoms with Crippen LogP contribution < -0.4 is 0 Å².